The SMILES string of the molecule is CCCC[C@H](CC)CNC(=O)c1cc(S(=O)(=O)N2CCC(C)CC2)ccc1C. The van der Waals surface area contributed by atoms with E-state index in [-0.39, 0.29) is 10.8 Å². The average Bonchev–Trinajstić information content (AvgIpc) is 2.68. The van der Waals surface area contributed by atoms with Crippen molar-refractivity contribution in [2.45, 2.75) is 71.1 Å². The van der Waals surface area contributed by atoms with E-state index in [1.54, 1.807) is 22.5 Å². The third kappa shape index (κ3) is 5.80. The lowest BCUT2D eigenvalue weighted by molar-refractivity contribution is 0.0945. The maximum absolute atomic E-state index is 13.0. The summed E-state index contributed by atoms with van der Waals surface area (Å²) in [6.45, 7) is 10.1. The maximum atomic E-state index is 13.0. The van der Waals surface area contributed by atoms with E-state index in [0.717, 1.165) is 44.1 Å². The first-order valence-corrected chi connectivity index (χ1v) is 12.1. The molecule has 1 fully saturated rings. The van der Waals surface area contributed by atoms with Crippen molar-refractivity contribution in [1.82, 2.24) is 9.62 Å². The molecule has 1 amide bonds. The molecule has 1 aromatic carbocycles. The number of unbranched alkanes of at least 4 members (excludes halogenated alkanes) is 1. The van der Waals surface area contributed by atoms with E-state index in [9.17, 15) is 13.2 Å². The number of carbonyl (C=O) groups is 1. The van der Waals surface area contributed by atoms with Gasteiger partial charge in [0.1, 0.15) is 0 Å². The molecule has 1 atom stereocenters. The van der Waals surface area contributed by atoms with Crippen molar-refractivity contribution < 1.29 is 13.2 Å². The summed E-state index contributed by atoms with van der Waals surface area (Å²) in [6.07, 6.45) is 6.21. The molecule has 0 saturated carbocycles. The van der Waals surface area contributed by atoms with Crippen molar-refractivity contribution in [1.29, 1.82) is 0 Å². The molecule has 0 radical (unpaired) electrons. The van der Waals surface area contributed by atoms with Crippen molar-refractivity contribution in [3.05, 3.63) is 29.3 Å². The largest absolute Gasteiger partial charge is 0.352 e. The second-order valence-corrected chi connectivity index (χ2v) is 10.1. The minimum atomic E-state index is -3.55. The molecule has 0 aromatic heterocycles. The van der Waals surface area contributed by atoms with E-state index < -0.39 is 10.0 Å². The van der Waals surface area contributed by atoms with Crippen LogP contribution in [-0.4, -0.2) is 38.3 Å². The zero-order valence-electron chi connectivity index (χ0n) is 17.8. The number of piperidine rings is 1. The summed E-state index contributed by atoms with van der Waals surface area (Å²) in [5, 5.41) is 3.02. The van der Waals surface area contributed by atoms with Crippen LogP contribution in [-0.2, 0) is 10.0 Å². The highest BCUT2D eigenvalue weighted by Crippen LogP contribution is 2.25. The highest BCUT2D eigenvalue weighted by atomic mass is 32.2. The van der Waals surface area contributed by atoms with E-state index in [1.165, 1.54) is 0 Å². The predicted octanol–water partition coefficient (Wildman–Crippen LogP) is 4.36. The third-order valence-electron chi connectivity index (χ3n) is 5.93. The van der Waals surface area contributed by atoms with Gasteiger partial charge in [0.15, 0.2) is 0 Å². The van der Waals surface area contributed by atoms with Gasteiger partial charge in [0.2, 0.25) is 10.0 Å². The fraction of sp³-hybridized carbons (Fsp3) is 0.682. The number of nitrogens with one attached hydrogen (secondary N) is 1. The molecule has 1 aliphatic heterocycles. The Morgan fingerprint density at radius 2 is 1.93 bits per heavy atom. The van der Waals surface area contributed by atoms with Crippen LogP contribution in [0.3, 0.4) is 0 Å². The van der Waals surface area contributed by atoms with Crippen LogP contribution < -0.4 is 5.32 Å². The molecule has 1 saturated heterocycles. The minimum Gasteiger partial charge on any atom is -0.352 e. The third-order valence-corrected chi connectivity index (χ3v) is 7.82. The normalized spacial score (nSPS) is 17.4. The summed E-state index contributed by atoms with van der Waals surface area (Å²) in [6, 6.07) is 4.91. The van der Waals surface area contributed by atoms with Gasteiger partial charge in [-0.05, 0) is 55.7 Å². The summed E-state index contributed by atoms with van der Waals surface area (Å²) in [5.41, 5.74) is 1.25. The Morgan fingerprint density at radius 3 is 2.54 bits per heavy atom. The van der Waals surface area contributed by atoms with Gasteiger partial charge in [-0.25, -0.2) is 8.42 Å². The van der Waals surface area contributed by atoms with Crippen LogP contribution in [0.5, 0.6) is 0 Å². The van der Waals surface area contributed by atoms with Crippen molar-refractivity contribution in [2.75, 3.05) is 19.6 Å². The minimum absolute atomic E-state index is 0.184. The number of nitrogens with zero attached hydrogens (tertiary/aromatic N) is 1. The quantitative estimate of drug-likeness (QED) is 0.660. The summed E-state index contributed by atoms with van der Waals surface area (Å²) < 4.78 is 27.6. The standard InChI is InChI=1S/C22H36N2O3S/c1-5-7-8-19(6-2)16-23-22(25)21-15-20(10-9-18(21)4)28(26,27)24-13-11-17(3)12-14-24/h9-10,15,17,19H,5-8,11-14,16H2,1-4H3,(H,23,25)/t19-/m0/s1. The molecule has 2 rings (SSSR count). The van der Waals surface area contributed by atoms with Gasteiger partial charge in [-0.2, -0.15) is 4.31 Å². The van der Waals surface area contributed by atoms with Crippen LogP contribution in [0.25, 0.3) is 0 Å². The second kappa shape index (κ2) is 10.4. The van der Waals surface area contributed by atoms with E-state index in [0.29, 0.717) is 37.0 Å². The molecule has 1 aromatic rings. The topological polar surface area (TPSA) is 66.5 Å². The smallest absolute Gasteiger partial charge is 0.251 e. The zero-order valence-corrected chi connectivity index (χ0v) is 18.6. The molecule has 0 spiro atoms. The zero-order chi connectivity index (χ0) is 20.7. The monoisotopic (exact) mass is 408 g/mol. The molecule has 0 bridgehead atoms. The van der Waals surface area contributed by atoms with Crippen molar-refractivity contribution in [3.63, 3.8) is 0 Å². The van der Waals surface area contributed by atoms with Gasteiger partial charge in [-0.3, -0.25) is 4.79 Å². The lowest BCUT2D eigenvalue weighted by Gasteiger charge is -2.29. The molecule has 1 N–H and O–H groups in total. The first kappa shape index (κ1) is 22.9. The first-order chi connectivity index (χ1) is 13.3. The van der Waals surface area contributed by atoms with Gasteiger partial charge in [0.05, 0.1) is 4.90 Å². The van der Waals surface area contributed by atoms with Crippen LogP contribution in [0, 0.1) is 18.8 Å². The van der Waals surface area contributed by atoms with Crippen molar-refractivity contribution in [2.24, 2.45) is 11.8 Å². The van der Waals surface area contributed by atoms with Crippen molar-refractivity contribution >= 4 is 15.9 Å². The van der Waals surface area contributed by atoms with E-state index >= 15 is 0 Å². The predicted molar refractivity (Wildman–Crippen MR) is 114 cm³/mol. The lowest BCUT2D eigenvalue weighted by atomic mass is 9.99. The van der Waals surface area contributed by atoms with E-state index in [2.05, 4.69) is 26.1 Å². The van der Waals surface area contributed by atoms with Crippen LogP contribution in [0.1, 0.15) is 75.2 Å². The van der Waals surface area contributed by atoms with Gasteiger partial charge in [0, 0.05) is 25.2 Å². The molecule has 1 heterocycles. The van der Waals surface area contributed by atoms with Gasteiger partial charge in [0.25, 0.3) is 5.91 Å². The molecule has 158 valence electrons. The fourth-order valence-corrected chi connectivity index (χ4v) is 5.15. The number of hydrogen-bond acceptors (Lipinski definition) is 3. The number of hydrogen-bond donors (Lipinski definition) is 1. The molecular weight excluding hydrogens is 372 g/mol. The van der Waals surface area contributed by atoms with Gasteiger partial charge < -0.3 is 5.32 Å². The maximum Gasteiger partial charge on any atom is 0.251 e. The molecule has 6 heteroatoms. The highest BCUT2D eigenvalue weighted by Gasteiger charge is 2.29. The van der Waals surface area contributed by atoms with Gasteiger partial charge in [-0.1, -0.05) is 46.1 Å². The number of sulfonamides is 1. The van der Waals surface area contributed by atoms with Crippen LogP contribution in [0.4, 0.5) is 0 Å². The summed E-state index contributed by atoms with van der Waals surface area (Å²) in [4.78, 5) is 13.0. The van der Waals surface area contributed by atoms with Crippen LogP contribution in [0.2, 0.25) is 0 Å². The number of amides is 1. The highest BCUT2D eigenvalue weighted by molar-refractivity contribution is 7.89. The molecular formula is C22H36N2O3S. The molecule has 5 nitrogen and oxygen atoms in total. The number of benzene rings is 1. The number of aryl methyl sites for hydroxylation is 1. The Kier molecular flexibility index (Phi) is 8.50. The van der Waals surface area contributed by atoms with Gasteiger partial charge in [-0.15, -0.1) is 0 Å². The second-order valence-electron chi connectivity index (χ2n) is 8.19. The molecule has 1 aliphatic rings. The lowest BCUT2D eigenvalue weighted by Crippen LogP contribution is -2.38. The first-order valence-electron chi connectivity index (χ1n) is 10.7. The Hall–Kier alpha value is -1.40. The number of carbonyl (C=O) groups excluding carboxylic acids is 1. The summed E-state index contributed by atoms with van der Waals surface area (Å²) in [7, 11) is -3.55. The average molecular weight is 409 g/mol. The van der Waals surface area contributed by atoms with Gasteiger partial charge >= 0.3 is 0 Å². The van der Waals surface area contributed by atoms with Crippen LogP contribution in [0.15, 0.2) is 23.1 Å². The Labute approximate surface area is 170 Å². The molecule has 0 unspecified atom stereocenters. The molecule has 28 heavy (non-hydrogen) atoms. The Morgan fingerprint density at radius 1 is 1.25 bits per heavy atom. The van der Waals surface area contributed by atoms with E-state index in [4.69, 9.17) is 0 Å². The summed E-state index contributed by atoms with van der Waals surface area (Å²) >= 11 is 0. The van der Waals surface area contributed by atoms with E-state index in [1.807, 2.05) is 6.92 Å². The Balaban J connectivity index is 2.12. The van der Waals surface area contributed by atoms with Crippen LogP contribution >= 0.6 is 0 Å². The number of rotatable bonds is 9. The summed E-state index contributed by atoms with van der Waals surface area (Å²) in [5.74, 6) is 0.841. The molecule has 0 aliphatic carbocycles. The van der Waals surface area contributed by atoms with Crippen molar-refractivity contribution in [3.8, 4) is 0 Å². The Bertz CT molecular complexity index is 753. The fourth-order valence-electron chi connectivity index (χ4n) is 3.66.